The summed E-state index contributed by atoms with van der Waals surface area (Å²) in [6.45, 7) is 9.50. The number of fused-ring (bicyclic) bond motifs is 2. The number of ether oxygens (including phenoxy) is 1. The first-order valence-corrected chi connectivity index (χ1v) is 15.0. The smallest absolute Gasteiger partial charge is 0.163 e. The zero-order valence-electron chi connectivity index (χ0n) is 24.4. The van der Waals surface area contributed by atoms with Gasteiger partial charge in [0.2, 0.25) is 0 Å². The van der Waals surface area contributed by atoms with Crippen LogP contribution in [0.4, 0.5) is 0 Å². The van der Waals surface area contributed by atoms with E-state index < -0.39 is 11.7 Å². The van der Waals surface area contributed by atoms with Crippen LogP contribution in [0.15, 0.2) is 72.9 Å². The van der Waals surface area contributed by atoms with E-state index in [9.17, 15) is 4.79 Å². The van der Waals surface area contributed by atoms with Crippen LogP contribution in [0.1, 0.15) is 44.9 Å². The standard InChI is InChI=1S/C34H31ClN4O2S/c1-19-16-27-32(30(21-10-13-24(35)14-11-21)29(19)31(20(2)40)41-34(3,4)5)42-33(38-27)26-9-7-8-25(37-26)22-12-15-28-23(17-22)18-36-39(28)6/h7-18,31H,1-6H3/t31-/m1/s1. The van der Waals surface area contributed by atoms with Crippen molar-refractivity contribution in [2.24, 2.45) is 7.05 Å². The lowest BCUT2D eigenvalue weighted by molar-refractivity contribution is -0.138. The van der Waals surface area contributed by atoms with E-state index in [1.165, 1.54) is 0 Å². The summed E-state index contributed by atoms with van der Waals surface area (Å²) in [6, 6.07) is 22.0. The molecule has 0 spiro atoms. The molecule has 0 saturated heterocycles. The van der Waals surface area contributed by atoms with Crippen molar-refractivity contribution in [3.05, 3.63) is 89.1 Å². The number of carbonyl (C=O) groups is 1. The van der Waals surface area contributed by atoms with Gasteiger partial charge >= 0.3 is 0 Å². The number of rotatable bonds is 6. The van der Waals surface area contributed by atoms with Crippen LogP contribution < -0.4 is 0 Å². The summed E-state index contributed by atoms with van der Waals surface area (Å²) in [5, 5.41) is 6.88. The van der Waals surface area contributed by atoms with Crippen molar-refractivity contribution in [2.45, 2.75) is 46.3 Å². The Labute approximate surface area is 254 Å². The van der Waals surface area contributed by atoms with Gasteiger partial charge in [-0.05, 0) is 88.2 Å². The quantitative estimate of drug-likeness (QED) is 0.192. The second-order valence-electron chi connectivity index (χ2n) is 11.5. The first-order chi connectivity index (χ1) is 20.0. The molecule has 0 saturated carbocycles. The molecule has 0 aliphatic heterocycles. The van der Waals surface area contributed by atoms with Gasteiger partial charge in [0.05, 0.1) is 38.9 Å². The zero-order chi connectivity index (χ0) is 29.8. The van der Waals surface area contributed by atoms with Gasteiger partial charge in [-0.1, -0.05) is 35.9 Å². The van der Waals surface area contributed by atoms with Crippen LogP contribution >= 0.6 is 22.9 Å². The Bertz CT molecular complexity index is 1970. The highest BCUT2D eigenvalue weighted by Crippen LogP contribution is 2.44. The zero-order valence-corrected chi connectivity index (χ0v) is 26.0. The van der Waals surface area contributed by atoms with Crippen molar-refractivity contribution in [1.82, 2.24) is 19.7 Å². The van der Waals surface area contributed by atoms with Gasteiger partial charge < -0.3 is 4.74 Å². The number of carbonyl (C=O) groups excluding carboxylic acids is 1. The van der Waals surface area contributed by atoms with Gasteiger partial charge in [-0.15, -0.1) is 11.3 Å². The third-order valence-corrected chi connectivity index (χ3v) is 8.54. The van der Waals surface area contributed by atoms with Gasteiger partial charge in [0.1, 0.15) is 11.1 Å². The number of Topliss-reactive ketones (excluding diaryl/α,β-unsaturated/α-hetero) is 1. The Hall–Kier alpha value is -3.91. The molecule has 0 radical (unpaired) electrons. The highest BCUT2D eigenvalue weighted by molar-refractivity contribution is 7.22. The molecule has 6 nitrogen and oxygen atoms in total. The first-order valence-electron chi connectivity index (χ1n) is 13.8. The fraction of sp³-hybridized carbons (Fsp3) is 0.235. The number of thiazole rings is 1. The fourth-order valence-corrected chi connectivity index (χ4v) is 6.52. The van der Waals surface area contributed by atoms with Crippen LogP contribution in [-0.2, 0) is 16.6 Å². The van der Waals surface area contributed by atoms with Gasteiger partial charge in [0, 0.05) is 34.1 Å². The number of ketones is 1. The minimum absolute atomic E-state index is 0.0488. The van der Waals surface area contributed by atoms with Crippen molar-refractivity contribution in [3.63, 3.8) is 0 Å². The summed E-state index contributed by atoms with van der Waals surface area (Å²) in [5.74, 6) is -0.0488. The number of aryl methyl sites for hydroxylation is 2. The van der Waals surface area contributed by atoms with E-state index in [-0.39, 0.29) is 5.78 Å². The van der Waals surface area contributed by atoms with Crippen molar-refractivity contribution in [1.29, 1.82) is 0 Å². The van der Waals surface area contributed by atoms with Crippen LogP contribution in [0.25, 0.3) is 54.2 Å². The Morgan fingerprint density at radius 1 is 0.976 bits per heavy atom. The number of hydrogen-bond donors (Lipinski definition) is 0. The third-order valence-electron chi connectivity index (χ3n) is 7.17. The number of hydrogen-bond acceptors (Lipinski definition) is 6. The molecule has 8 heteroatoms. The summed E-state index contributed by atoms with van der Waals surface area (Å²) >= 11 is 7.84. The van der Waals surface area contributed by atoms with Crippen molar-refractivity contribution in [2.75, 3.05) is 0 Å². The Morgan fingerprint density at radius 3 is 2.40 bits per heavy atom. The van der Waals surface area contributed by atoms with Gasteiger partial charge in [-0.3, -0.25) is 9.48 Å². The van der Waals surface area contributed by atoms with Gasteiger partial charge in [-0.2, -0.15) is 5.10 Å². The molecule has 3 aromatic carbocycles. The van der Waals surface area contributed by atoms with Crippen molar-refractivity contribution < 1.29 is 9.53 Å². The molecule has 0 bridgehead atoms. The molecule has 0 unspecified atom stereocenters. The highest BCUT2D eigenvalue weighted by Gasteiger charge is 2.30. The van der Waals surface area contributed by atoms with Gasteiger partial charge in [0.15, 0.2) is 5.78 Å². The minimum atomic E-state index is -0.727. The topological polar surface area (TPSA) is 69.9 Å². The Morgan fingerprint density at radius 2 is 1.69 bits per heavy atom. The highest BCUT2D eigenvalue weighted by atomic mass is 35.5. The minimum Gasteiger partial charge on any atom is -0.360 e. The fourth-order valence-electron chi connectivity index (χ4n) is 5.30. The SMILES string of the molecule is CC(=O)[C@@H](OC(C)(C)C)c1c(C)cc2nc(-c3cccc(-c4ccc5c(cnn5C)c4)n3)sc2c1-c1ccc(Cl)cc1. The number of benzene rings is 3. The molecular formula is C34H31ClN4O2S. The van der Waals surface area contributed by atoms with Crippen LogP contribution in [0.2, 0.25) is 5.02 Å². The number of nitrogens with zero attached hydrogens (tertiary/aromatic N) is 4. The monoisotopic (exact) mass is 594 g/mol. The van der Waals surface area contributed by atoms with Gasteiger partial charge in [0.25, 0.3) is 0 Å². The predicted molar refractivity (Wildman–Crippen MR) is 172 cm³/mol. The van der Waals surface area contributed by atoms with Gasteiger partial charge in [-0.25, -0.2) is 9.97 Å². The van der Waals surface area contributed by atoms with E-state index in [4.69, 9.17) is 26.3 Å². The molecule has 42 heavy (non-hydrogen) atoms. The Balaban J connectivity index is 1.53. The molecule has 0 aliphatic rings. The van der Waals surface area contributed by atoms with Crippen molar-refractivity contribution >= 4 is 49.8 Å². The molecule has 0 amide bonds. The van der Waals surface area contributed by atoms with Crippen LogP contribution in [0.3, 0.4) is 0 Å². The summed E-state index contributed by atoms with van der Waals surface area (Å²) in [4.78, 5) is 23.1. The second-order valence-corrected chi connectivity index (χ2v) is 13.0. The molecule has 0 fully saturated rings. The van der Waals surface area contributed by atoms with E-state index in [0.29, 0.717) is 5.02 Å². The predicted octanol–water partition coefficient (Wildman–Crippen LogP) is 8.99. The lowest BCUT2D eigenvalue weighted by Crippen LogP contribution is -2.27. The molecule has 1 atom stereocenters. The number of halogens is 1. The molecular weight excluding hydrogens is 564 g/mol. The van der Waals surface area contributed by atoms with E-state index in [1.807, 2.05) is 94.2 Å². The summed E-state index contributed by atoms with van der Waals surface area (Å²) in [5.41, 5.74) is 7.76. The average Bonchev–Trinajstić information content (AvgIpc) is 3.54. The van der Waals surface area contributed by atoms with E-state index in [0.717, 1.165) is 65.3 Å². The molecule has 6 rings (SSSR count). The largest absolute Gasteiger partial charge is 0.360 e. The molecule has 0 N–H and O–H groups in total. The average molecular weight is 595 g/mol. The molecule has 3 aromatic heterocycles. The maximum atomic E-state index is 13.1. The van der Waals surface area contributed by atoms with Crippen molar-refractivity contribution in [3.8, 4) is 33.1 Å². The normalized spacial score (nSPS) is 12.7. The van der Waals surface area contributed by atoms with Crippen LogP contribution in [0, 0.1) is 6.92 Å². The summed E-state index contributed by atoms with van der Waals surface area (Å²) in [7, 11) is 1.94. The van der Waals surface area contributed by atoms with Crippen LogP contribution in [0.5, 0.6) is 0 Å². The molecule has 6 aromatic rings. The molecule has 3 heterocycles. The van der Waals surface area contributed by atoms with Crippen LogP contribution in [-0.4, -0.2) is 31.1 Å². The third kappa shape index (κ3) is 5.36. The Kier molecular flexibility index (Phi) is 7.21. The lowest BCUT2D eigenvalue weighted by atomic mass is 9.90. The molecule has 0 aliphatic carbocycles. The summed E-state index contributed by atoms with van der Waals surface area (Å²) < 4.78 is 9.22. The lowest BCUT2D eigenvalue weighted by Gasteiger charge is -2.29. The number of aromatic nitrogens is 4. The van der Waals surface area contributed by atoms with E-state index >= 15 is 0 Å². The number of pyridine rings is 1. The van der Waals surface area contributed by atoms with E-state index in [1.54, 1.807) is 18.3 Å². The summed E-state index contributed by atoms with van der Waals surface area (Å²) in [6.07, 6.45) is 1.14. The maximum Gasteiger partial charge on any atom is 0.163 e. The first kappa shape index (κ1) is 28.2. The molecule has 212 valence electrons. The maximum absolute atomic E-state index is 13.1. The van der Waals surface area contributed by atoms with E-state index in [2.05, 4.69) is 23.3 Å². The second kappa shape index (κ2) is 10.7.